The van der Waals surface area contributed by atoms with Crippen LogP contribution >= 0.6 is 0 Å². The molecule has 1 saturated heterocycles. The molecule has 0 bridgehead atoms. The van der Waals surface area contributed by atoms with Gasteiger partial charge in [-0.1, -0.05) is 6.07 Å². The first-order valence-electron chi connectivity index (χ1n) is 6.79. The molecule has 21 heavy (non-hydrogen) atoms. The average Bonchev–Trinajstić information content (AvgIpc) is 2.82. The average molecular weight is 293 g/mol. The van der Waals surface area contributed by atoms with E-state index < -0.39 is 24.0 Å². The molecule has 1 aliphatic heterocycles. The summed E-state index contributed by atoms with van der Waals surface area (Å²) in [6, 6.07) is 4.52. The van der Waals surface area contributed by atoms with Crippen LogP contribution in [0.4, 0.5) is 0 Å². The number of likely N-dealkylation sites (tertiary alicyclic amines) is 1. The van der Waals surface area contributed by atoms with Crippen LogP contribution < -0.4 is 4.74 Å². The van der Waals surface area contributed by atoms with Crippen LogP contribution in [0.5, 0.6) is 5.75 Å². The van der Waals surface area contributed by atoms with E-state index in [1.165, 1.54) is 0 Å². The fourth-order valence-corrected chi connectivity index (χ4v) is 2.36. The maximum Gasteiger partial charge on any atom is 0.326 e. The molecule has 0 aliphatic carbocycles. The standard InChI is InChI=1S/C15H19NO5/c1-9-3-4-12(5-10(9)2)21-8-14(18)16-7-11(17)6-13(16)15(19)20/h3-5,11,13,17H,6-8H2,1-2H3,(H,19,20)/t11-,13-/m0/s1. The molecule has 1 fully saturated rings. The predicted molar refractivity (Wildman–Crippen MR) is 75.2 cm³/mol. The normalized spacial score (nSPS) is 21.4. The summed E-state index contributed by atoms with van der Waals surface area (Å²) in [7, 11) is 0. The monoisotopic (exact) mass is 293 g/mol. The second kappa shape index (κ2) is 6.13. The van der Waals surface area contributed by atoms with E-state index in [4.69, 9.17) is 9.84 Å². The van der Waals surface area contributed by atoms with Crippen molar-refractivity contribution in [2.24, 2.45) is 0 Å². The number of aliphatic carboxylic acids is 1. The number of hydrogen-bond donors (Lipinski definition) is 2. The first-order chi connectivity index (χ1) is 9.88. The minimum atomic E-state index is -1.11. The molecule has 0 unspecified atom stereocenters. The summed E-state index contributed by atoms with van der Waals surface area (Å²) in [6.07, 6.45) is -0.735. The minimum Gasteiger partial charge on any atom is -0.484 e. The van der Waals surface area contributed by atoms with Crippen molar-refractivity contribution in [2.75, 3.05) is 13.2 Å². The van der Waals surface area contributed by atoms with Crippen LogP contribution in [0.15, 0.2) is 18.2 Å². The molecule has 6 nitrogen and oxygen atoms in total. The van der Waals surface area contributed by atoms with E-state index in [1.54, 1.807) is 6.07 Å². The highest BCUT2D eigenvalue weighted by Crippen LogP contribution is 2.20. The third-order valence-electron chi connectivity index (χ3n) is 3.73. The SMILES string of the molecule is Cc1ccc(OCC(=O)N2C[C@@H](O)C[C@H]2C(=O)O)cc1C. The van der Waals surface area contributed by atoms with E-state index in [-0.39, 0.29) is 19.6 Å². The summed E-state index contributed by atoms with van der Waals surface area (Å²) >= 11 is 0. The number of nitrogens with zero attached hydrogens (tertiary/aromatic N) is 1. The van der Waals surface area contributed by atoms with Crippen molar-refractivity contribution in [2.45, 2.75) is 32.4 Å². The number of carbonyl (C=O) groups excluding carboxylic acids is 1. The number of β-amino-alcohol motifs (C(OH)–C–C–N with tert-alkyl or cyclic N) is 1. The van der Waals surface area contributed by atoms with E-state index in [0.29, 0.717) is 5.75 Å². The van der Waals surface area contributed by atoms with E-state index in [9.17, 15) is 14.7 Å². The lowest BCUT2D eigenvalue weighted by Gasteiger charge is -2.21. The molecule has 1 aromatic rings. The van der Waals surface area contributed by atoms with Crippen LogP contribution in [-0.2, 0) is 9.59 Å². The van der Waals surface area contributed by atoms with Crippen molar-refractivity contribution in [1.82, 2.24) is 4.90 Å². The quantitative estimate of drug-likeness (QED) is 0.854. The third-order valence-corrected chi connectivity index (χ3v) is 3.73. The highest BCUT2D eigenvalue weighted by Gasteiger charge is 2.38. The van der Waals surface area contributed by atoms with Gasteiger partial charge in [-0.2, -0.15) is 0 Å². The van der Waals surface area contributed by atoms with Crippen LogP contribution in [0.3, 0.4) is 0 Å². The Morgan fingerprint density at radius 1 is 1.33 bits per heavy atom. The van der Waals surface area contributed by atoms with Crippen molar-refractivity contribution in [3.63, 3.8) is 0 Å². The molecule has 0 radical (unpaired) electrons. The molecule has 0 saturated carbocycles. The number of ether oxygens (including phenoxy) is 1. The topological polar surface area (TPSA) is 87.1 Å². The van der Waals surface area contributed by atoms with Crippen LogP contribution in [0.2, 0.25) is 0 Å². The van der Waals surface area contributed by atoms with Gasteiger partial charge in [0.05, 0.1) is 6.10 Å². The maximum atomic E-state index is 12.1. The molecule has 0 spiro atoms. The number of aryl methyl sites for hydroxylation is 2. The van der Waals surface area contributed by atoms with Gasteiger partial charge in [-0.15, -0.1) is 0 Å². The van der Waals surface area contributed by atoms with Gasteiger partial charge >= 0.3 is 5.97 Å². The molecule has 1 aromatic carbocycles. The van der Waals surface area contributed by atoms with E-state index in [0.717, 1.165) is 16.0 Å². The van der Waals surface area contributed by atoms with Crippen molar-refractivity contribution in [1.29, 1.82) is 0 Å². The van der Waals surface area contributed by atoms with Crippen molar-refractivity contribution in [3.8, 4) is 5.75 Å². The molecule has 114 valence electrons. The Balaban J connectivity index is 1.97. The smallest absolute Gasteiger partial charge is 0.326 e. The number of benzene rings is 1. The Labute approximate surface area is 122 Å². The molecule has 1 heterocycles. The molecular formula is C15H19NO5. The first-order valence-corrected chi connectivity index (χ1v) is 6.79. The van der Waals surface area contributed by atoms with E-state index >= 15 is 0 Å². The highest BCUT2D eigenvalue weighted by atomic mass is 16.5. The highest BCUT2D eigenvalue weighted by molar-refractivity contribution is 5.85. The number of carboxylic acids is 1. The van der Waals surface area contributed by atoms with E-state index in [1.807, 2.05) is 26.0 Å². The van der Waals surface area contributed by atoms with Crippen molar-refractivity contribution >= 4 is 11.9 Å². The van der Waals surface area contributed by atoms with Gasteiger partial charge in [0.15, 0.2) is 6.61 Å². The first kappa shape index (κ1) is 15.3. The zero-order chi connectivity index (χ0) is 15.6. The Kier molecular flexibility index (Phi) is 4.47. The number of rotatable bonds is 4. The number of amides is 1. The van der Waals surface area contributed by atoms with Crippen LogP contribution in [0.1, 0.15) is 17.5 Å². The summed E-state index contributed by atoms with van der Waals surface area (Å²) in [5.74, 6) is -0.971. The number of aliphatic hydroxyl groups excluding tert-OH is 1. The molecule has 2 rings (SSSR count). The molecular weight excluding hydrogens is 274 g/mol. The van der Waals surface area contributed by atoms with Gasteiger partial charge in [-0.25, -0.2) is 4.79 Å². The number of carbonyl (C=O) groups is 2. The van der Waals surface area contributed by atoms with Crippen molar-refractivity contribution in [3.05, 3.63) is 29.3 Å². The Morgan fingerprint density at radius 3 is 2.67 bits per heavy atom. The van der Waals surface area contributed by atoms with Gasteiger partial charge in [0.1, 0.15) is 11.8 Å². The Bertz CT molecular complexity index is 557. The molecule has 0 aromatic heterocycles. The number of hydrogen-bond acceptors (Lipinski definition) is 4. The lowest BCUT2D eigenvalue weighted by molar-refractivity contribution is -0.148. The summed E-state index contributed by atoms with van der Waals surface area (Å²) in [5, 5.41) is 18.6. The zero-order valence-electron chi connectivity index (χ0n) is 12.1. The molecule has 1 amide bonds. The lowest BCUT2D eigenvalue weighted by atomic mass is 10.1. The molecule has 2 atom stereocenters. The largest absolute Gasteiger partial charge is 0.484 e. The van der Waals surface area contributed by atoms with Gasteiger partial charge < -0.3 is 19.8 Å². The summed E-state index contributed by atoms with van der Waals surface area (Å²) in [5.41, 5.74) is 2.18. The van der Waals surface area contributed by atoms with Crippen LogP contribution in [0, 0.1) is 13.8 Å². The van der Waals surface area contributed by atoms with Crippen LogP contribution in [0.25, 0.3) is 0 Å². The zero-order valence-corrected chi connectivity index (χ0v) is 12.1. The number of carboxylic acid groups (broad SMARTS) is 1. The second-order valence-corrected chi connectivity index (χ2v) is 5.32. The summed E-state index contributed by atoms with van der Waals surface area (Å²) in [4.78, 5) is 24.3. The summed E-state index contributed by atoms with van der Waals surface area (Å²) < 4.78 is 5.41. The fourth-order valence-electron chi connectivity index (χ4n) is 2.36. The Hall–Kier alpha value is -2.08. The predicted octanol–water partition coefficient (Wildman–Crippen LogP) is 0.729. The van der Waals surface area contributed by atoms with Gasteiger partial charge in [0, 0.05) is 13.0 Å². The fraction of sp³-hybridized carbons (Fsp3) is 0.467. The Morgan fingerprint density at radius 2 is 2.05 bits per heavy atom. The molecule has 6 heteroatoms. The third kappa shape index (κ3) is 3.52. The van der Waals surface area contributed by atoms with Gasteiger partial charge in [-0.05, 0) is 37.1 Å². The minimum absolute atomic E-state index is 0.0338. The van der Waals surface area contributed by atoms with Crippen molar-refractivity contribution < 1.29 is 24.5 Å². The van der Waals surface area contributed by atoms with Gasteiger partial charge in [-0.3, -0.25) is 4.79 Å². The van der Waals surface area contributed by atoms with E-state index in [2.05, 4.69) is 0 Å². The maximum absolute atomic E-state index is 12.1. The lowest BCUT2D eigenvalue weighted by Crippen LogP contribution is -2.42. The van der Waals surface area contributed by atoms with Gasteiger partial charge in [0.25, 0.3) is 5.91 Å². The molecule has 1 aliphatic rings. The number of aliphatic hydroxyl groups is 1. The summed E-state index contributed by atoms with van der Waals surface area (Å²) in [6.45, 7) is 3.72. The van der Waals surface area contributed by atoms with Gasteiger partial charge in [0.2, 0.25) is 0 Å². The second-order valence-electron chi connectivity index (χ2n) is 5.32. The van der Waals surface area contributed by atoms with Crippen LogP contribution in [-0.4, -0.2) is 52.3 Å². The molecule has 2 N–H and O–H groups in total.